The van der Waals surface area contributed by atoms with Gasteiger partial charge in [-0.05, 0) is 41.5 Å². The van der Waals surface area contributed by atoms with Gasteiger partial charge in [0.25, 0.3) is 0 Å². The molecule has 0 amide bonds. The largest absolute Gasteiger partial charge is 0.456 e. The zero-order valence-corrected chi connectivity index (χ0v) is 20.6. The highest BCUT2D eigenvalue weighted by Gasteiger charge is 2.17. The Hall–Kier alpha value is -2.65. The summed E-state index contributed by atoms with van der Waals surface area (Å²) in [7, 11) is -6.99. The molecule has 1 aromatic heterocycles. The van der Waals surface area contributed by atoms with Crippen LogP contribution in [0.4, 0.5) is 0 Å². The summed E-state index contributed by atoms with van der Waals surface area (Å²) in [5.74, 6) is 0.487. The van der Waals surface area contributed by atoms with Crippen molar-refractivity contribution in [1.29, 1.82) is 0 Å². The van der Waals surface area contributed by atoms with E-state index in [2.05, 4.69) is 4.98 Å². The van der Waals surface area contributed by atoms with Crippen LogP contribution in [0, 0.1) is 0 Å². The molecule has 0 fully saturated rings. The first-order valence-corrected chi connectivity index (χ1v) is 14.0. The molecular weight excluding hydrogens is 505 g/mol. The van der Waals surface area contributed by atoms with Crippen molar-refractivity contribution in [3.05, 3.63) is 76.9 Å². The van der Waals surface area contributed by atoms with Gasteiger partial charge in [0.1, 0.15) is 16.5 Å². The van der Waals surface area contributed by atoms with Crippen LogP contribution in [0.1, 0.15) is 0 Å². The van der Waals surface area contributed by atoms with Gasteiger partial charge in [-0.2, -0.15) is 0 Å². The highest BCUT2D eigenvalue weighted by Crippen LogP contribution is 2.39. The first kappa shape index (κ1) is 23.5. The number of pyridine rings is 1. The fourth-order valence-electron chi connectivity index (χ4n) is 3.38. The molecule has 0 N–H and O–H groups in total. The number of halogens is 2. The minimum Gasteiger partial charge on any atom is -0.456 e. The van der Waals surface area contributed by atoms with Gasteiger partial charge in [-0.3, -0.25) is 4.98 Å². The van der Waals surface area contributed by atoms with E-state index < -0.39 is 19.7 Å². The molecule has 0 unspecified atom stereocenters. The minimum absolute atomic E-state index is 0.0171. The van der Waals surface area contributed by atoms with Gasteiger partial charge in [0.2, 0.25) is 0 Å². The molecule has 3 aromatic carbocycles. The number of fused-ring (bicyclic) bond motifs is 1. The predicted molar refractivity (Wildman–Crippen MR) is 130 cm³/mol. The Morgan fingerprint density at radius 1 is 0.848 bits per heavy atom. The van der Waals surface area contributed by atoms with Crippen LogP contribution in [0.25, 0.3) is 22.0 Å². The van der Waals surface area contributed by atoms with E-state index in [0.29, 0.717) is 16.7 Å². The van der Waals surface area contributed by atoms with Gasteiger partial charge < -0.3 is 4.74 Å². The van der Waals surface area contributed by atoms with Crippen molar-refractivity contribution in [3.63, 3.8) is 0 Å². The Morgan fingerprint density at radius 3 is 2.27 bits per heavy atom. The molecule has 170 valence electrons. The molecule has 0 atom stereocenters. The second-order valence-electron chi connectivity index (χ2n) is 7.40. The summed E-state index contributed by atoms with van der Waals surface area (Å²) in [6.07, 6.45) is 3.76. The van der Waals surface area contributed by atoms with Gasteiger partial charge >= 0.3 is 0 Å². The van der Waals surface area contributed by atoms with Crippen LogP contribution in [0.5, 0.6) is 11.5 Å². The van der Waals surface area contributed by atoms with Crippen molar-refractivity contribution in [2.45, 2.75) is 9.79 Å². The molecule has 4 aromatic rings. The molecule has 0 bridgehead atoms. The number of rotatable bonds is 5. The van der Waals surface area contributed by atoms with E-state index >= 15 is 0 Å². The highest BCUT2D eigenvalue weighted by atomic mass is 35.5. The lowest BCUT2D eigenvalue weighted by Gasteiger charge is -2.13. The summed E-state index contributed by atoms with van der Waals surface area (Å²) in [5, 5.41) is 0.804. The van der Waals surface area contributed by atoms with Crippen LogP contribution in [0.2, 0.25) is 10.0 Å². The molecular formula is C23H17Cl2NO5S2. The number of ether oxygens (including phenoxy) is 1. The minimum atomic E-state index is -3.53. The van der Waals surface area contributed by atoms with Crippen molar-refractivity contribution in [2.75, 3.05) is 12.5 Å². The molecule has 0 saturated heterocycles. The van der Waals surface area contributed by atoms with E-state index in [0.717, 1.165) is 23.6 Å². The Balaban J connectivity index is 1.81. The molecule has 6 nitrogen and oxygen atoms in total. The van der Waals surface area contributed by atoms with E-state index in [4.69, 9.17) is 27.9 Å². The number of para-hydroxylation sites is 1. The van der Waals surface area contributed by atoms with Crippen molar-refractivity contribution in [1.82, 2.24) is 4.98 Å². The van der Waals surface area contributed by atoms with Crippen molar-refractivity contribution in [2.24, 2.45) is 0 Å². The van der Waals surface area contributed by atoms with Crippen LogP contribution in [-0.4, -0.2) is 34.3 Å². The van der Waals surface area contributed by atoms with Gasteiger partial charge in [0.15, 0.2) is 19.7 Å². The van der Waals surface area contributed by atoms with E-state index in [1.165, 1.54) is 18.2 Å². The van der Waals surface area contributed by atoms with E-state index in [1.807, 2.05) is 6.07 Å². The van der Waals surface area contributed by atoms with Crippen LogP contribution in [0.3, 0.4) is 0 Å². The average Bonchev–Trinajstić information content (AvgIpc) is 2.74. The maximum Gasteiger partial charge on any atom is 0.177 e. The molecule has 0 saturated carbocycles. The number of aromatic nitrogens is 1. The third-order valence-electron chi connectivity index (χ3n) is 4.90. The van der Waals surface area contributed by atoms with Crippen LogP contribution >= 0.6 is 23.2 Å². The molecule has 1 heterocycles. The summed E-state index contributed by atoms with van der Waals surface area (Å²) in [4.78, 5) is 4.41. The number of hydrogen-bond donors (Lipinski definition) is 0. The maximum atomic E-state index is 12.2. The lowest BCUT2D eigenvalue weighted by Crippen LogP contribution is -1.99. The van der Waals surface area contributed by atoms with Gasteiger partial charge in [0, 0.05) is 30.2 Å². The fourth-order valence-corrected chi connectivity index (χ4v) is 5.30. The monoisotopic (exact) mass is 521 g/mol. The summed E-state index contributed by atoms with van der Waals surface area (Å²) < 4.78 is 54.2. The highest BCUT2D eigenvalue weighted by molar-refractivity contribution is 7.91. The molecule has 4 rings (SSSR count). The SMILES string of the molecule is CS(=O)(=O)c1cc(Cl)c(Cl)c(Oc2cccc(-c3ccnc4c(S(C)(=O)=O)cccc34)c2)c1. The Kier molecular flexibility index (Phi) is 6.13. The first-order chi connectivity index (χ1) is 15.4. The first-order valence-electron chi connectivity index (χ1n) is 9.50. The lowest BCUT2D eigenvalue weighted by atomic mass is 10.0. The summed E-state index contributed by atoms with van der Waals surface area (Å²) in [6, 6.07) is 16.4. The van der Waals surface area contributed by atoms with Gasteiger partial charge in [-0.25, -0.2) is 16.8 Å². The number of nitrogens with zero attached hydrogens (tertiary/aromatic N) is 1. The number of hydrogen-bond acceptors (Lipinski definition) is 6. The molecule has 0 radical (unpaired) electrons. The molecule has 33 heavy (non-hydrogen) atoms. The zero-order chi connectivity index (χ0) is 24.0. The quantitative estimate of drug-likeness (QED) is 0.329. The van der Waals surface area contributed by atoms with E-state index in [-0.39, 0.29) is 25.6 Å². The summed E-state index contributed by atoms with van der Waals surface area (Å²) >= 11 is 12.3. The Morgan fingerprint density at radius 2 is 1.58 bits per heavy atom. The number of benzene rings is 3. The third-order valence-corrected chi connectivity index (χ3v) is 7.91. The average molecular weight is 522 g/mol. The van der Waals surface area contributed by atoms with Crippen molar-refractivity contribution >= 4 is 53.8 Å². The summed E-state index contributed by atoms with van der Waals surface area (Å²) in [6.45, 7) is 0. The standard InChI is InChI=1S/C23H17Cl2NO5S2/c1-32(27,28)16-12-19(24)22(25)20(13-16)31-15-6-3-5-14(11-15)17-9-10-26-23-18(17)7-4-8-21(23)33(2,29)30/h3-13H,1-2H3. The zero-order valence-electron chi connectivity index (χ0n) is 17.4. The van der Waals surface area contributed by atoms with Gasteiger partial charge in [0.05, 0.1) is 20.3 Å². The smallest absolute Gasteiger partial charge is 0.177 e. The van der Waals surface area contributed by atoms with Crippen molar-refractivity contribution < 1.29 is 21.6 Å². The second kappa shape index (κ2) is 8.61. The summed E-state index contributed by atoms with van der Waals surface area (Å²) in [5.41, 5.74) is 1.87. The topological polar surface area (TPSA) is 90.4 Å². The van der Waals surface area contributed by atoms with Crippen molar-refractivity contribution in [3.8, 4) is 22.6 Å². The van der Waals surface area contributed by atoms with Gasteiger partial charge in [-0.1, -0.05) is 47.5 Å². The molecule has 0 aliphatic heterocycles. The van der Waals surface area contributed by atoms with E-state index in [9.17, 15) is 16.8 Å². The Labute approximate surface area is 201 Å². The molecule has 0 aliphatic carbocycles. The lowest BCUT2D eigenvalue weighted by molar-refractivity contribution is 0.481. The van der Waals surface area contributed by atoms with Gasteiger partial charge in [-0.15, -0.1) is 0 Å². The normalized spacial score (nSPS) is 12.1. The fraction of sp³-hybridized carbons (Fsp3) is 0.0870. The Bertz CT molecular complexity index is 1620. The maximum absolute atomic E-state index is 12.2. The second-order valence-corrected chi connectivity index (χ2v) is 12.2. The van der Waals surface area contributed by atoms with Crippen LogP contribution < -0.4 is 4.74 Å². The molecule has 0 aliphatic rings. The third kappa shape index (κ3) is 4.84. The van der Waals surface area contributed by atoms with E-state index in [1.54, 1.807) is 42.6 Å². The van der Waals surface area contributed by atoms with Crippen LogP contribution in [-0.2, 0) is 19.7 Å². The molecule has 0 spiro atoms. The van der Waals surface area contributed by atoms with Crippen LogP contribution in [0.15, 0.2) is 76.7 Å². The number of sulfone groups is 2. The molecule has 10 heteroatoms. The predicted octanol–water partition coefficient (Wildman–Crippen LogP) is 5.81.